The van der Waals surface area contributed by atoms with Gasteiger partial charge in [0.1, 0.15) is 5.82 Å². The predicted molar refractivity (Wildman–Crippen MR) is 83.2 cm³/mol. The first-order valence-corrected chi connectivity index (χ1v) is 7.71. The summed E-state index contributed by atoms with van der Waals surface area (Å²) in [4.78, 5) is 24.7. The molecule has 2 rings (SSSR count). The summed E-state index contributed by atoms with van der Waals surface area (Å²) in [6.45, 7) is 1.48. The Morgan fingerprint density at radius 2 is 2.14 bits per heavy atom. The fraction of sp³-hybridized carbons (Fsp3) is 0.250. The van der Waals surface area contributed by atoms with E-state index in [4.69, 9.17) is 4.74 Å². The van der Waals surface area contributed by atoms with Gasteiger partial charge in [-0.25, -0.2) is 4.39 Å². The van der Waals surface area contributed by atoms with Gasteiger partial charge in [0.05, 0.1) is 6.42 Å². The van der Waals surface area contributed by atoms with Crippen LogP contribution < -0.4 is 5.32 Å². The molecule has 0 spiro atoms. The molecule has 0 unspecified atom stereocenters. The Morgan fingerprint density at radius 1 is 1.32 bits per heavy atom. The molecule has 2 aromatic rings. The molecule has 0 saturated heterocycles. The molecule has 0 fully saturated rings. The average Bonchev–Trinajstić information content (AvgIpc) is 2.98. The highest BCUT2D eigenvalue weighted by Crippen LogP contribution is 2.13. The van der Waals surface area contributed by atoms with Crippen molar-refractivity contribution in [1.29, 1.82) is 0 Å². The van der Waals surface area contributed by atoms with Gasteiger partial charge in [0, 0.05) is 10.6 Å². The van der Waals surface area contributed by atoms with Crippen molar-refractivity contribution in [2.24, 2.45) is 0 Å². The normalized spacial score (nSPS) is 11.7. The van der Waals surface area contributed by atoms with E-state index >= 15 is 0 Å². The van der Waals surface area contributed by atoms with Crippen molar-refractivity contribution in [2.45, 2.75) is 25.9 Å². The minimum atomic E-state index is -0.931. The number of anilines is 1. The second kappa shape index (κ2) is 7.70. The maximum atomic E-state index is 13.0. The minimum absolute atomic E-state index is 0.220. The van der Waals surface area contributed by atoms with E-state index in [2.05, 4.69) is 5.32 Å². The third-order valence-corrected chi connectivity index (χ3v) is 3.86. The summed E-state index contributed by atoms with van der Waals surface area (Å²) in [6.07, 6.45) is -0.119. The lowest BCUT2D eigenvalue weighted by molar-refractivity contribution is -0.153. The van der Waals surface area contributed by atoms with Crippen molar-refractivity contribution in [3.05, 3.63) is 52.5 Å². The molecule has 1 atom stereocenters. The number of esters is 1. The zero-order chi connectivity index (χ0) is 15.9. The molecular weight excluding hydrogens is 305 g/mol. The summed E-state index contributed by atoms with van der Waals surface area (Å²) in [5, 5.41) is 4.44. The van der Waals surface area contributed by atoms with E-state index in [0.717, 1.165) is 4.88 Å². The van der Waals surface area contributed by atoms with Crippen LogP contribution in [-0.4, -0.2) is 18.0 Å². The number of amides is 1. The Kier molecular flexibility index (Phi) is 5.66. The van der Waals surface area contributed by atoms with Crippen LogP contribution in [0.4, 0.5) is 10.1 Å². The highest BCUT2D eigenvalue weighted by Gasteiger charge is 2.18. The van der Waals surface area contributed by atoms with Gasteiger partial charge in [0.2, 0.25) is 0 Å². The molecule has 1 aromatic carbocycles. The van der Waals surface area contributed by atoms with Gasteiger partial charge in [0.25, 0.3) is 5.91 Å². The summed E-state index contributed by atoms with van der Waals surface area (Å²) < 4.78 is 18.1. The van der Waals surface area contributed by atoms with Gasteiger partial charge in [-0.15, -0.1) is 11.3 Å². The third kappa shape index (κ3) is 4.96. The maximum Gasteiger partial charge on any atom is 0.306 e. The highest BCUT2D eigenvalue weighted by atomic mass is 32.1. The van der Waals surface area contributed by atoms with Crippen LogP contribution in [0.3, 0.4) is 0 Å². The van der Waals surface area contributed by atoms with Crippen LogP contribution in [-0.2, 0) is 20.7 Å². The third-order valence-electron chi connectivity index (χ3n) is 2.93. The quantitative estimate of drug-likeness (QED) is 0.830. The Bertz CT molecular complexity index is 643. The molecule has 1 amide bonds. The van der Waals surface area contributed by atoms with Crippen LogP contribution in [0.15, 0.2) is 41.8 Å². The first kappa shape index (κ1) is 16.2. The van der Waals surface area contributed by atoms with Crippen LogP contribution >= 0.6 is 11.3 Å². The SMILES string of the molecule is C[C@@H](OC(=O)CCc1cccs1)C(=O)Nc1cccc(F)c1. The van der Waals surface area contributed by atoms with Crippen LogP contribution in [0, 0.1) is 5.82 Å². The zero-order valence-electron chi connectivity index (χ0n) is 12.0. The van der Waals surface area contributed by atoms with E-state index < -0.39 is 23.8 Å². The van der Waals surface area contributed by atoms with Crippen LogP contribution in [0.1, 0.15) is 18.2 Å². The van der Waals surface area contributed by atoms with Crippen molar-refractivity contribution in [3.63, 3.8) is 0 Å². The predicted octanol–water partition coefficient (Wildman–Crippen LogP) is 3.39. The first-order valence-electron chi connectivity index (χ1n) is 6.83. The van der Waals surface area contributed by atoms with Gasteiger partial charge in [-0.3, -0.25) is 9.59 Å². The average molecular weight is 321 g/mol. The molecule has 0 aliphatic heterocycles. The van der Waals surface area contributed by atoms with Gasteiger partial charge < -0.3 is 10.1 Å². The number of ether oxygens (including phenoxy) is 1. The van der Waals surface area contributed by atoms with E-state index in [1.807, 2.05) is 17.5 Å². The van der Waals surface area contributed by atoms with E-state index in [1.54, 1.807) is 17.4 Å². The van der Waals surface area contributed by atoms with E-state index in [0.29, 0.717) is 12.1 Å². The number of benzene rings is 1. The van der Waals surface area contributed by atoms with E-state index in [9.17, 15) is 14.0 Å². The summed E-state index contributed by atoms with van der Waals surface area (Å²) in [5.74, 6) is -1.37. The summed E-state index contributed by atoms with van der Waals surface area (Å²) in [6, 6.07) is 9.39. The number of aryl methyl sites for hydroxylation is 1. The summed E-state index contributed by atoms with van der Waals surface area (Å²) >= 11 is 1.57. The second-order valence-corrected chi connectivity index (χ2v) is 5.74. The van der Waals surface area contributed by atoms with Crippen molar-refractivity contribution in [1.82, 2.24) is 0 Å². The number of hydrogen-bond donors (Lipinski definition) is 1. The Labute approximate surface area is 131 Å². The molecule has 4 nitrogen and oxygen atoms in total. The second-order valence-electron chi connectivity index (χ2n) is 4.71. The summed E-state index contributed by atoms with van der Waals surface area (Å²) in [7, 11) is 0. The maximum absolute atomic E-state index is 13.0. The Morgan fingerprint density at radius 3 is 2.82 bits per heavy atom. The number of hydrogen-bond acceptors (Lipinski definition) is 4. The molecule has 1 N–H and O–H groups in total. The molecule has 0 saturated carbocycles. The standard InChI is InChI=1S/C16H16FNO3S/c1-11(16(20)18-13-5-2-4-12(17)10-13)21-15(19)8-7-14-6-3-9-22-14/h2-6,9-11H,7-8H2,1H3,(H,18,20)/t11-/m1/s1. The molecule has 116 valence electrons. The smallest absolute Gasteiger partial charge is 0.306 e. The van der Waals surface area contributed by atoms with E-state index in [-0.39, 0.29) is 6.42 Å². The first-order chi connectivity index (χ1) is 10.5. The van der Waals surface area contributed by atoms with Gasteiger partial charge >= 0.3 is 5.97 Å². The van der Waals surface area contributed by atoms with Gasteiger partial charge in [-0.05, 0) is 43.0 Å². The monoisotopic (exact) mass is 321 g/mol. The molecule has 0 bridgehead atoms. The summed E-state index contributed by atoms with van der Waals surface area (Å²) in [5.41, 5.74) is 0.325. The van der Waals surface area contributed by atoms with Crippen molar-refractivity contribution < 1.29 is 18.7 Å². The van der Waals surface area contributed by atoms with Crippen LogP contribution in [0.25, 0.3) is 0 Å². The van der Waals surface area contributed by atoms with Gasteiger partial charge in [0.15, 0.2) is 6.10 Å². The lowest BCUT2D eigenvalue weighted by atomic mass is 10.2. The lowest BCUT2D eigenvalue weighted by Crippen LogP contribution is -2.30. The number of nitrogens with one attached hydrogen (secondary N) is 1. The van der Waals surface area contributed by atoms with Crippen molar-refractivity contribution >= 4 is 28.9 Å². The van der Waals surface area contributed by atoms with Gasteiger partial charge in [-0.1, -0.05) is 12.1 Å². The number of carbonyl (C=O) groups is 2. The molecule has 6 heteroatoms. The number of rotatable bonds is 6. The van der Waals surface area contributed by atoms with Crippen molar-refractivity contribution in [3.8, 4) is 0 Å². The van der Waals surface area contributed by atoms with Gasteiger partial charge in [-0.2, -0.15) is 0 Å². The minimum Gasteiger partial charge on any atom is -0.453 e. The highest BCUT2D eigenvalue weighted by molar-refractivity contribution is 7.09. The molecule has 1 aromatic heterocycles. The Balaban J connectivity index is 1.79. The molecule has 0 aliphatic carbocycles. The molecule has 0 radical (unpaired) electrons. The van der Waals surface area contributed by atoms with Crippen LogP contribution in [0.5, 0.6) is 0 Å². The molecule has 1 heterocycles. The molecule has 0 aliphatic rings. The zero-order valence-corrected chi connectivity index (χ0v) is 12.9. The molecular formula is C16H16FNO3S. The Hall–Kier alpha value is -2.21. The fourth-order valence-corrected chi connectivity index (χ4v) is 2.51. The topological polar surface area (TPSA) is 55.4 Å². The van der Waals surface area contributed by atoms with E-state index in [1.165, 1.54) is 25.1 Å². The number of thiophene rings is 1. The largest absolute Gasteiger partial charge is 0.453 e. The fourth-order valence-electron chi connectivity index (χ4n) is 1.80. The number of halogens is 1. The number of carbonyl (C=O) groups excluding carboxylic acids is 2. The molecule has 22 heavy (non-hydrogen) atoms. The lowest BCUT2D eigenvalue weighted by Gasteiger charge is -2.13. The van der Waals surface area contributed by atoms with Crippen molar-refractivity contribution in [2.75, 3.05) is 5.32 Å². The van der Waals surface area contributed by atoms with Crippen LogP contribution in [0.2, 0.25) is 0 Å².